The van der Waals surface area contributed by atoms with E-state index < -0.39 is 0 Å². The van der Waals surface area contributed by atoms with Crippen LogP contribution in [-0.2, 0) is 22.5 Å². The second-order valence-electron chi connectivity index (χ2n) is 7.80. The predicted molar refractivity (Wildman–Crippen MR) is 123 cm³/mol. The maximum Gasteiger partial charge on any atom is 0.229 e. The summed E-state index contributed by atoms with van der Waals surface area (Å²) in [4.78, 5) is 26.8. The molecule has 162 valence electrons. The van der Waals surface area contributed by atoms with Gasteiger partial charge in [-0.3, -0.25) is 14.7 Å². The van der Waals surface area contributed by atoms with Gasteiger partial charge >= 0.3 is 0 Å². The van der Waals surface area contributed by atoms with Gasteiger partial charge in [0.2, 0.25) is 5.91 Å². The van der Waals surface area contributed by atoms with Crippen LogP contribution in [0.4, 0.5) is 0 Å². The number of aromatic nitrogens is 2. The molecule has 0 bridgehead atoms. The first-order valence-corrected chi connectivity index (χ1v) is 11.6. The van der Waals surface area contributed by atoms with E-state index in [0.29, 0.717) is 13.0 Å². The van der Waals surface area contributed by atoms with Gasteiger partial charge in [0.1, 0.15) is 5.01 Å². The fourth-order valence-corrected chi connectivity index (χ4v) is 4.57. The Kier molecular flexibility index (Phi) is 7.40. The summed E-state index contributed by atoms with van der Waals surface area (Å²) in [5.74, 6) is 0.0995. The lowest BCUT2D eigenvalue weighted by Gasteiger charge is -2.35. The van der Waals surface area contributed by atoms with Crippen LogP contribution in [0, 0.1) is 0 Å². The molecule has 7 heteroatoms. The summed E-state index contributed by atoms with van der Waals surface area (Å²) in [5.41, 5.74) is 2.78. The number of hydrogen-bond donors (Lipinski definition) is 0. The molecule has 0 radical (unpaired) electrons. The third-order valence-corrected chi connectivity index (χ3v) is 6.36. The average molecular weight is 437 g/mol. The van der Waals surface area contributed by atoms with Gasteiger partial charge in [-0.1, -0.05) is 36.4 Å². The van der Waals surface area contributed by atoms with Gasteiger partial charge in [-0.05, 0) is 24.6 Å². The normalized spacial score (nSPS) is 15.5. The molecule has 1 aromatic carbocycles. The van der Waals surface area contributed by atoms with E-state index in [1.54, 1.807) is 6.20 Å². The minimum Gasteiger partial charge on any atom is -0.379 e. The number of pyridine rings is 1. The minimum atomic E-state index is 0.0969. The lowest BCUT2D eigenvalue weighted by molar-refractivity contribution is -0.133. The van der Waals surface area contributed by atoms with Crippen molar-refractivity contribution in [3.8, 4) is 10.7 Å². The zero-order chi connectivity index (χ0) is 21.5. The quantitative estimate of drug-likeness (QED) is 0.541. The summed E-state index contributed by atoms with van der Waals surface area (Å²) >= 11 is 1.53. The van der Waals surface area contributed by atoms with E-state index in [1.807, 2.05) is 46.7 Å². The molecule has 1 atom stereocenters. The highest BCUT2D eigenvalue weighted by atomic mass is 32.1. The zero-order valence-electron chi connectivity index (χ0n) is 17.8. The molecule has 31 heavy (non-hydrogen) atoms. The SMILES string of the molecule is CC(CN1CCOCC1)N(Cc1ccccc1)C(=O)Cc1csc(-c2ccccn2)n1. The molecule has 0 N–H and O–H groups in total. The van der Waals surface area contributed by atoms with Crippen LogP contribution in [-0.4, -0.2) is 64.6 Å². The molecule has 3 heterocycles. The van der Waals surface area contributed by atoms with Crippen molar-refractivity contribution in [2.75, 3.05) is 32.8 Å². The standard InChI is InChI=1S/C24H28N4O2S/c1-19(16-27-11-13-30-14-12-27)28(17-20-7-3-2-4-8-20)23(29)15-21-18-31-24(26-21)22-9-5-6-10-25-22/h2-10,18-19H,11-17H2,1H3. The Morgan fingerprint density at radius 3 is 2.68 bits per heavy atom. The molecule has 1 saturated heterocycles. The summed E-state index contributed by atoms with van der Waals surface area (Å²) in [6, 6.07) is 16.1. The van der Waals surface area contributed by atoms with Crippen LogP contribution in [0.5, 0.6) is 0 Å². The molecule has 2 aromatic heterocycles. The molecule has 0 spiro atoms. The molecule has 1 aliphatic rings. The molecule has 3 aromatic rings. The fraction of sp³-hybridized carbons (Fsp3) is 0.375. The van der Waals surface area contributed by atoms with E-state index in [4.69, 9.17) is 4.74 Å². The number of carbonyl (C=O) groups is 1. The van der Waals surface area contributed by atoms with Gasteiger partial charge in [-0.15, -0.1) is 11.3 Å². The van der Waals surface area contributed by atoms with E-state index in [9.17, 15) is 4.79 Å². The van der Waals surface area contributed by atoms with Gasteiger partial charge in [-0.2, -0.15) is 0 Å². The van der Waals surface area contributed by atoms with Crippen molar-refractivity contribution < 1.29 is 9.53 Å². The van der Waals surface area contributed by atoms with Crippen molar-refractivity contribution in [1.82, 2.24) is 19.8 Å². The summed E-state index contributed by atoms with van der Waals surface area (Å²) < 4.78 is 5.47. The second kappa shape index (κ2) is 10.6. The van der Waals surface area contributed by atoms with Gasteiger partial charge < -0.3 is 9.64 Å². The van der Waals surface area contributed by atoms with Crippen molar-refractivity contribution >= 4 is 17.2 Å². The van der Waals surface area contributed by atoms with E-state index >= 15 is 0 Å². The van der Waals surface area contributed by atoms with Crippen molar-refractivity contribution in [1.29, 1.82) is 0 Å². The molecule has 1 amide bonds. The number of hydrogen-bond acceptors (Lipinski definition) is 6. The highest BCUT2D eigenvalue weighted by Crippen LogP contribution is 2.22. The molecule has 6 nitrogen and oxygen atoms in total. The molecule has 1 fully saturated rings. The van der Waals surface area contributed by atoms with Crippen molar-refractivity contribution in [2.24, 2.45) is 0 Å². The third kappa shape index (κ3) is 5.97. The van der Waals surface area contributed by atoms with Gasteiger partial charge in [0.25, 0.3) is 0 Å². The highest BCUT2D eigenvalue weighted by molar-refractivity contribution is 7.13. The van der Waals surface area contributed by atoms with Crippen molar-refractivity contribution in [3.05, 3.63) is 71.4 Å². The Labute approximate surface area is 187 Å². The Hall–Kier alpha value is -2.61. The predicted octanol–water partition coefficient (Wildman–Crippen LogP) is 3.50. The number of morpholine rings is 1. The average Bonchev–Trinajstić information content (AvgIpc) is 3.28. The maximum atomic E-state index is 13.4. The van der Waals surface area contributed by atoms with Gasteiger partial charge in [0.05, 0.1) is 31.0 Å². The van der Waals surface area contributed by atoms with Crippen LogP contribution in [0.25, 0.3) is 10.7 Å². The first kappa shape index (κ1) is 21.6. The Morgan fingerprint density at radius 2 is 1.94 bits per heavy atom. The van der Waals surface area contributed by atoms with Crippen LogP contribution < -0.4 is 0 Å². The molecule has 1 unspecified atom stereocenters. The number of nitrogens with zero attached hydrogens (tertiary/aromatic N) is 4. The molecular weight excluding hydrogens is 408 g/mol. The molecule has 1 aliphatic heterocycles. The second-order valence-corrected chi connectivity index (χ2v) is 8.66. The number of amides is 1. The largest absolute Gasteiger partial charge is 0.379 e. The minimum absolute atomic E-state index is 0.0969. The van der Waals surface area contributed by atoms with E-state index in [-0.39, 0.29) is 11.9 Å². The highest BCUT2D eigenvalue weighted by Gasteiger charge is 2.24. The first-order valence-electron chi connectivity index (χ1n) is 10.7. The molecule has 0 saturated carbocycles. The van der Waals surface area contributed by atoms with E-state index in [2.05, 4.69) is 33.9 Å². The van der Waals surface area contributed by atoms with E-state index in [1.165, 1.54) is 11.3 Å². The smallest absolute Gasteiger partial charge is 0.229 e. The number of rotatable bonds is 8. The number of benzene rings is 1. The lowest BCUT2D eigenvalue weighted by Crippen LogP contribution is -2.48. The van der Waals surface area contributed by atoms with Gasteiger partial charge in [-0.25, -0.2) is 4.98 Å². The topological polar surface area (TPSA) is 58.6 Å². The van der Waals surface area contributed by atoms with Crippen LogP contribution in [0.2, 0.25) is 0 Å². The number of carbonyl (C=O) groups excluding carboxylic acids is 1. The third-order valence-electron chi connectivity index (χ3n) is 5.44. The monoisotopic (exact) mass is 436 g/mol. The van der Waals surface area contributed by atoms with Crippen molar-refractivity contribution in [2.45, 2.75) is 25.9 Å². The Bertz CT molecular complexity index is 958. The number of thiazole rings is 1. The maximum absolute atomic E-state index is 13.4. The van der Waals surface area contributed by atoms with E-state index in [0.717, 1.165) is 54.8 Å². The van der Waals surface area contributed by atoms with Crippen molar-refractivity contribution in [3.63, 3.8) is 0 Å². The van der Waals surface area contributed by atoms with Crippen LogP contribution in [0.15, 0.2) is 60.1 Å². The van der Waals surface area contributed by atoms with Gasteiger partial charge in [0, 0.05) is 43.8 Å². The summed E-state index contributed by atoms with van der Waals surface area (Å²) in [7, 11) is 0. The summed E-state index contributed by atoms with van der Waals surface area (Å²) in [6.45, 7) is 6.93. The van der Waals surface area contributed by atoms with Crippen LogP contribution in [0.1, 0.15) is 18.2 Å². The van der Waals surface area contributed by atoms with Crippen LogP contribution >= 0.6 is 11.3 Å². The first-order chi connectivity index (χ1) is 15.2. The summed E-state index contributed by atoms with van der Waals surface area (Å²) in [6.07, 6.45) is 2.06. The molecule has 0 aliphatic carbocycles. The van der Waals surface area contributed by atoms with Gasteiger partial charge in [0.15, 0.2) is 0 Å². The Balaban J connectivity index is 1.47. The Morgan fingerprint density at radius 1 is 1.16 bits per heavy atom. The number of ether oxygens (including phenoxy) is 1. The van der Waals surface area contributed by atoms with Crippen LogP contribution in [0.3, 0.4) is 0 Å². The molecule has 4 rings (SSSR count). The lowest BCUT2D eigenvalue weighted by atomic mass is 10.1. The zero-order valence-corrected chi connectivity index (χ0v) is 18.6. The fourth-order valence-electron chi connectivity index (χ4n) is 3.78. The summed E-state index contributed by atoms with van der Waals surface area (Å²) in [5, 5.41) is 2.81. The molecular formula is C24H28N4O2S.